The highest BCUT2D eigenvalue weighted by atomic mass is 16.5. The summed E-state index contributed by atoms with van der Waals surface area (Å²) >= 11 is 0. The topological polar surface area (TPSA) is 26.3 Å². The SMILES string of the molecule is CCCCCCCCCCCCCCCCCC[N+](C)(C)CCCOC(=O)CCCCCCCCCCCCCCCCC. The molecular weight excluding hydrogens is 538 g/mol. The largest absolute Gasteiger partial charge is 0.465 e. The molecule has 0 atom stereocenters. The van der Waals surface area contributed by atoms with Crippen molar-refractivity contribution in [1.29, 1.82) is 0 Å². The van der Waals surface area contributed by atoms with E-state index in [1.165, 1.54) is 199 Å². The molecule has 0 heterocycles. The molecule has 0 aromatic carbocycles. The molecule has 0 rings (SSSR count). The Morgan fingerprint density at radius 1 is 0.386 bits per heavy atom. The van der Waals surface area contributed by atoms with Crippen molar-refractivity contribution in [2.45, 2.75) is 226 Å². The average Bonchev–Trinajstić information content (AvgIpc) is 3.01. The van der Waals surface area contributed by atoms with Gasteiger partial charge in [0.25, 0.3) is 0 Å². The van der Waals surface area contributed by atoms with Crippen LogP contribution >= 0.6 is 0 Å². The lowest BCUT2D eigenvalue weighted by molar-refractivity contribution is -0.890. The molecule has 0 amide bonds. The van der Waals surface area contributed by atoms with Gasteiger partial charge in [-0.05, 0) is 19.3 Å². The van der Waals surface area contributed by atoms with E-state index in [1.807, 2.05) is 0 Å². The number of rotatable bonds is 37. The molecule has 0 aromatic heterocycles. The maximum absolute atomic E-state index is 12.1. The van der Waals surface area contributed by atoms with Crippen molar-refractivity contribution in [3.8, 4) is 0 Å². The lowest BCUT2D eigenvalue weighted by Crippen LogP contribution is -2.41. The molecule has 44 heavy (non-hydrogen) atoms. The minimum atomic E-state index is 0.0165. The molecule has 0 unspecified atom stereocenters. The summed E-state index contributed by atoms with van der Waals surface area (Å²) in [4.78, 5) is 12.1. The van der Waals surface area contributed by atoms with E-state index in [1.54, 1.807) is 0 Å². The lowest BCUT2D eigenvalue weighted by atomic mass is 10.0. The summed E-state index contributed by atoms with van der Waals surface area (Å²) in [6.07, 6.45) is 44.7. The van der Waals surface area contributed by atoms with E-state index in [0.717, 1.165) is 23.9 Å². The number of hydrogen-bond acceptors (Lipinski definition) is 2. The second-order valence-corrected chi connectivity index (χ2v) is 15.0. The summed E-state index contributed by atoms with van der Waals surface area (Å²) in [6, 6.07) is 0. The number of ether oxygens (including phenoxy) is 1. The van der Waals surface area contributed by atoms with Crippen LogP contribution in [0.15, 0.2) is 0 Å². The van der Waals surface area contributed by atoms with Crippen molar-refractivity contribution >= 4 is 5.97 Å². The predicted molar refractivity (Wildman–Crippen MR) is 197 cm³/mol. The molecule has 0 aliphatic heterocycles. The standard InChI is InChI=1S/C41H84NO2/c1-5-7-9-11-13-15-17-19-21-23-25-27-29-31-33-35-38-42(3,4)39-36-40-44-41(43)37-34-32-30-28-26-24-22-20-18-16-14-12-10-8-6-2/h5-40H2,1-4H3/q+1. The van der Waals surface area contributed by atoms with Gasteiger partial charge in [-0.15, -0.1) is 0 Å². The molecule has 0 spiro atoms. The third kappa shape index (κ3) is 35.9. The first kappa shape index (κ1) is 43.4. The van der Waals surface area contributed by atoms with E-state index in [9.17, 15) is 4.79 Å². The first-order valence-electron chi connectivity index (χ1n) is 20.5. The van der Waals surface area contributed by atoms with Crippen LogP contribution in [-0.2, 0) is 9.53 Å². The summed E-state index contributed by atoms with van der Waals surface area (Å²) in [5.74, 6) is 0.0165. The van der Waals surface area contributed by atoms with E-state index in [2.05, 4.69) is 27.9 Å². The predicted octanol–water partition coefficient (Wildman–Crippen LogP) is 13.5. The molecule has 0 radical (unpaired) electrons. The van der Waals surface area contributed by atoms with Gasteiger partial charge in [0.15, 0.2) is 0 Å². The summed E-state index contributed by atoms with van der Waals surface area (Å²) in [7, 11) is 4.67. The highest BCUT2D eigenvalue weighted by Crippen LogP contribution is 2.16. The molecule has 3 nitrogen and oxygen atoms in total. The van der Waals surface area contributed by atoms with Gasteiger partial charge in [-0.2, -0.15) is 0 Å². The van der Waals surface area contributed by atoms with Crippen LogP contribution < -0.4 is 0 Å². The third-order valence-corrected chi connectivity index (χ3v) is 9.77. The zero-order chi connectivity index (χ0) is 32.2. The van der Waals surface area contributed by atoms with Crippen molar-refractivity contribution in [3.05, 3.63) is 0 Å². The van der Waals surface area contributed by atoms with Crippen LogP contribution in [0.4, 0.5) is 0 Å². The number of carbonyl (C=O) groups excluding carboxylic acids is 1. The van der Waals surface area contributed by atoms with Crippen molar-refractivity contribution in [2.75, 3.05) is 33.8 Å². The molecular formula is C41H84NO2+. The van der Waals surface area contributed by atoms with Gasteiger partial charge in [0.1, 0.15) is 0 Å². The minimum absolute atomic E-state index is 0.0165. The van der Waals surface area contributed by atoms with Crippen molar-refractivity contribution < 1.29 is 14.0 Å². The van der Waals surface area contributed by atoms with Gasteiger partial charge in [-0.25, -0.2) is 0 Å². The number of quaternary nitrogens is 1. The molecule has 3 heteroatoms. The monoisotopic (exact) mass is 623 g/mol. The fourth-order valence-corrected chi connectivity index (χ4v) is 6.59. The van der Waals surface area contributed by atoms with Gasteiger partial charge < -0.3 is 9.22 Å². The molecule has 264 valence electrons. The summed E-state index contributed by atoms with van der Waals surface area (Å²) < 4.78 is 6.59. The highest BCUT2D eigenvalue weighted by Gasteiger charge is 2.14. The van der Waals surface area contributed by atoms with E-state index >= 15 is 0 Å². The lowest BCUT2D eigenvalue weighted by Gasteiger charge is -2.29. The van der Waals surface area contributed by atoms with E-state index in [-0.39, 0.29) is 5.97 Å². The maximum Gasteiger partial charge on any atom is 0.305 e. The Morgan fingerprint density at radius 2 is 0.659 bits per heavy atom. The molecule has 0 N–H and O–H groups in total. The molecule has 0 fully saturated rings. The molecule has 0 aliphatic rings. The normalized spacial score (nSPS) is 11.8. The van der Waals surface area contributed by atoms with E-state index in [4.69, 9.17) is 4.74 Å². The Bertz CT molecular complexity index is 561. The Hall–Kier alpha value is -0.570. The molecule has 0 aliphatic carbocycles. The average molecular weight is 623 g/mol. The fraction of sp³-hybridized carbons (Fsp3) is 0.976. The second-order valence-electron chi connectivity index (χ2n) is 15.0. The van der Waals surface area contributed by atoms with Crippen LogP contribution in [-0.4, -0.2) is 44.2 Å². The van der Waals surface area contributed by atoms with Crippen LogP contribution in [0.25, 0.3) is 0 Å². The van der Waals surface area contributed by atoms with Crippen LogP contribution in [0.5, 0.6) is 0 Å². The maximum atomic E-state index is 12.1. The molecule has 0 saturated carbocycles. The zero-order valence-corrected chi connectivity index (χ0v) is 31.2. The Morgan fingerprint density at radius 3 is 1.00 bits per heavy atom. The van der Waals surface area contributed by atoms with Gasteiger partial charge >= 0.3 is 5.97 Å². The number of esters is 1. The number of carbonyl (C=O) groups is 1. The van der Waals surface area contributed by atoms with Crippen LogP contribution in [0.3, 0.4) is 0 Å². The number of unbranched alkanes of at least 4 members (excludes halogenated alkanes) is 29. The van der Waals surface area contributed by atoms with Gasteiger partial charge in [0.05, 0.1) is 33.8 Å². The molecule has 0 bridgehead atoms. The smallest absolute Gasteiger partial charge is 0.305 e. The minimum Gasteiger partial charge on any atom is -0.465 e. The first-order valence-corrected chi connectivity index (χ1v) is 20.5. The highest BCUT2D eigenvalue weighted by molar-refractivity contribution is 5.69. The third-order valence-electron chi connectivity index (χ3n) is 9.77. The van der Waals surface area contributed by atoms with Crippen molar-refractivity contribution in [3.63, 3.8) is 0 Å². The zero-order valence-electron chi connectivity index (χ0n) is 31.2. The van der Waals surface area contributed by atoms with E-state index < -0.39 is 0 Å². The van der Waals surface area contributed by atoms with Crippen LogP contribution in [0.1, 0.15) is 226 Å². The van der Waals surface area contributed by atoms with Crippen molar-refractivity contribution in [1.82, 2.24) is 0 Å². The second kappa shape index (κ2) is 35.3. The quantitative estimate of drug-likeness (QED) is 0.0391. The summed E-state index contributed by atoms with van der Waals surface area (Å²) in [6.45, 7) is 7.53. The first-order chi connectivity index (χ1) is 21.5. The van der Waals surface area contributed by atoms with Gasteiger partial charge in [0, 0.05) is 12.8 Å². The fourth-order valence-electron chi connectivity index (χ4n) is 6.59. The Labute approximate surface area is 279 Å². The van der Waals surface area contributed by atoms with Gasteiger partial charge in [-0.1, -0.05) is 194 Å². The van der Waals surface area contributed by atoms with E-state index in [0.29, 0.717) is 13.0 Å². The van der Waals surface area contributed by atoms with Gasteiger partial charge in [-0.3, -0.25) is 4.79 Å². The number of hydrogen-bond donors (Lipinski definition) is 0. The van der Waals surface area contributed by atoms with Crippen molar-refractivity contribution in [2.24, 2.45) is 0 Å². The Kier molecular flexibility index (Phi) is 34.8. The summed E-state index contributed by atoms with van der Waals surface area (Å²) in [5.41, 5.74) is 0. The molecule has 0 aromatic rings. The molecule has 0 saturated heterocycles. The summed E-state index contributed by atoms with van der Waals surface area (Å²) in [5, 5.41) is 0. The van der Waals surface area contributed by atoms with Crippen LogP contribution in [0, 0.1) is 0 Å². The van der Waals surface area contributed by atoms with Crippen LogP contribution in [0.2, 0.25) is 0 Å². The van der Waals surface area contributed by atoms with Gasteiger partial charge in [0.2, 0.25) is 0 Å². The number of nitrogens with zero attached hydrogens (tertiary/aromatic N) is 1. The Balaban J connectivity index is 3.37.